The van der Waals surface area contributed by atoms with E-state index < -0.39 is 0 Å². The number of amides is 1. The van der Waals surface area contributed by atoms with Crippen molar-refractivity contribution in [2.75, 3.05) is 12.4 Å². The molecule has 0 radical (unpaired) electrons. The number of aryl methyl sites for hydroxylation is 1. The fourth-order valence-corrected chi connectivity index (χ4v) is 2.90. The van der Waals surface area contributed by atoms with Crippen LogP contribution in [0.25, 0.3) is 11.6 Å². The van der Waals surface area contributed by atoms with E-state index in [1.165, 1.54) is 0 Å². The van der Waals surface area contributed by atoms with E-state index >= 15 is 0 Å². The molecule has 0 aliphatic rings. The maximum absolute atomic E-state index is 13.1. The fraction of sp³-hybridized carbons (Fsp3) is 0.125. The van der Waals surface area contributed by atoms with Gasteiger partial charge in [-0.1, -0.05) is 67.6 Å². The summed E-state index contributed by atoms with van der Waals surface area (Å²) in [5.74, 6) is 0.660. The molecule has 0 saturated carbocycles. The molecule has 0 saturated heterocycles. The maximum atomic E-state index is 13.1. The highest BCUT2D eigenvalue weighted by molar-refractivity contribution is 6.29. The van der Waals surface area contributed by atoms with Crippen molar-refractivity contribution in [3.05, 3.63) is 95.6 Å². The van der Waals surface area contributed by atoms with Gasteiger partial charge in [0.15, 0.2) is 0 Å². The summed E-state index contributed by atoms with van der Waals surface area (Å²) in [5, 5.41) is 3.07. The van der Waals surface area contributed by atoms with E-state index in [0.29, 0.717) is 5.57 Å². The van der Waals surface area contributed by atoms with Gasteiger partial charge in [0, 0.05) is 11.3 Å². The first-order valence-electron chi connectivity index (χ1n) is 9.01. The van der Waals surface area contributed by atoms with Crippen LogP contribution in [0.2, 0.25) is 0 Å². The summed E-state index contributed by atoms with van der Waals surface area (Å²) in [7, 11) is 1.64. The molecule has 1 N–H and O–H groups in total. The molecule has 0 atom stereocenters. The quantitative estimate of drug-likeness (QED) is 0.471. The van der Waals surface area contributed by atoms with E-state index in [-0.39, 0.29) is 5.91 Å². The van der Waals surface area contributed by atoms with Crippen molar-refractivity contribution in [2.45, 2.75) is 13.3 Å². The second kappa shape index (κ2) is 8.86. The Labute approximate surface area is 160 Å². The van der Waals surface area contributed by atoms with Gasteiger partial charge in [0.25, 0.3) is 5.91 Å². The molecular weight excluding hydrogens is 334 g/mol. The van der Waals surface area contributed by atoms with E-state index in [1.807, 2.05) is 84.9 Å². The number of benzene rings is 3. The largest absolute Gasteiger partial charge is 0.497 e. The lowest BCUT2D eigenvalue weighted by molar-refractivity contribution is -0.111. The number of hydrogen-bond donors (Lipinski definition) is 1. The SMILES string of the molecule is CCc1ccccc1NC(=O)C(=Cc1ccc(OC)cc1)c1ccccc1. The van der Waals surface area contributed by atoms with Crippen molar-refractivity contribution < 1.29 is 9.53 Å². The lowest BCUT2D eigenvalue weighted by Crippen LogP contribution is -2.14. The molecule has 0 fully saturated rings. The van der Waals surface area contributed by atoms with Crippen LogP contribution in [0.3, 0.4) is 0 Å². The van der Waals surface area contributed by atoms with Crippen LogP contribution in [0.5, 0.6) is 5.75 Å². The van der Waals surface area contributed by atoms with Gasteiger partial charge in [0.2, 0.25) is 0 Å². The second-order valence-electron chi connectivity index (χ2n) is 6.16. The Bertz CT molecular complexity index is 928. The number of para-hydroxylation sites is 1. The predicted octanol–water partition coefficient (Wildman–Crippen LogP) is 5.44. The number of carbonyl (C=O) groups is 1. The number of rotatable bonds is 6. The smallest absolute Gasteiger partial charge is 0.256 e. The molecule has 3 nitrogen and oxygen atoms in total. The highest BCUT2D eigenvalue weighted by Gasteiger charge is 2.13. The Balaban J connectivity index is 1.96. The average molecular weight is 357 g/mol. The molecule has 0 unspecified atom stereocenters. The van der Waals surface area contributed by atoms with Crippen molar-refractivity contribution in [1.82, 2.24) is 0 Å². The van der Waals surface area contributed by atoms with Gasteiger partial charge in [-0.15, -0.1) is 0 Å². The van der Waals surface area contributed by atoms with Gasteiger partial charge in [-0.3, -0.25) is 4.79 Å². The normalized spacial score (nSPS) is 11.1. The fourth-order valence-electron chi connectivity index (χ4n) is 2.90. The number of ether oxygens (including phenoxy) is 1. The van der Waals surface area contributed by atoms with Crippen molar-refractivity contribution in [2.24, 2.45) is 0 Å². The van der Waals surface area contributed by atoms with Crippen molar-refractivity contribution in [3.8, 4) is 5.75 Å². The number of anilines is 1. The molecule has 0 aromatic heterocycles. The van der Waals surface area contributed by atoms with Crippen LogP contribution in [0, 0.1) is 0 Å². The highest BCUT2D eigenvalue weighted by atomic mass is 16.5. The molecule has 0 aliphatic carbocycles. The summed E-state index contributed by atoms with van der Waals surface area (Å²) in [6.07, 6.45) is 2.76. The van der Waals surface area contributed by atoms with Crippen LogP contribution in [-0.4, -0.2) is 13.0 Å². The van der Waals surface area contributed by atoms with Gasteiger partial charge in [0.05, 0.1) is 7.11 Å². The standard InChI is InChI=1S/C24H23NO2/c1-3-19-9-7-8-12-23(19)25-24(26)22(20-10-5-4-6-11-20)17-18-13-15-21(27-2)16-14-18/h4-17H,3H2,1-2H3,(H,25,26). The van der Waals surface area contributed by atoms with Crippen molar-refractivity contribution in [1.29, 1.82) is 0 Å². The molecule has 3 rings (SSSR count). The zero-order chi connectivity index (χ0) is 19.1. The summed E-state index contributed by atoms with van der Waals surface area (Å²) >= 11 is 0. The molecule has 27 heavy (non-hydrogen) atoms. The lowest BCUT2D eigenvalue weighted by Gasteiger charge is -2.13. The third-order valence-electron chi connectivity index (χ3n) is 4.40. The average Bonchev–Trinajstić information content (AvgIpc) is 2.73. The summed E-state index contributed by atoms with van der Waals surface area (Å²) in [6.45, 7) is 2.08. The Morgan fingerprint density at radius 3 is 2.26 bits per heavy atom. The van der Waals surface area contributed by atoms with Gasteiger partial charge in [-0.25, -0.2) is 0 Å². The van der Waals surface area contributed by atoms with Gasteiger partial charge in [0.1, 0.15) is 5.75 Å². The van der Waals surface area contributed by atoms with Crippen LogP contribution in [0.1, 0.15) is 23.6 Å². The van der Waals surface area contributed by atoms with E-state index in [0.717, 1.165) is 34.5 Å². The van der Waals surface area contributed by atoms with E-state index in [1.54, 1.807) is 7.11 Å². The lowest BCUT2D eigenvalue weighted by atomic mass is 10.0. The Hall–Kier alpha value is -3.33. The summed E-state index contributed by atoms with van der Waals surface area (Å²) in [4.78, 5) is 13.1. The number of nitrogens with one attached hydrogen (secondary N) is 1. The molecule has 0 spiro atoms. The van der Waals surface area contributed by atoms with Gasteiger partial charge in [-0.05, 0) is 47.4 Å². The zero-order valence-corrected chi connectivity index (χ0v) is 15.6. The van der Waals surface area contributed by atoms with Crippen LogP contribution in [0.4, 0.5) is 5.69 Å². The summed E-state index contributed by atoms with van der Waals surface area (Å²) in [6, 6.07) is 25.2. The molecule has 3 heteroatoms. The molecule has 3 aromatic rings. The van der Waals surface area contributed by atoms with Gasteiger partial charge < -0.3 is 10.1 Å². The summed E-state index contributed by atoms with van der Waals surface area (Å²) in [5.41, 5.74) is 4.39. The van der Waals surface area contributed by atoms with E-state index in [4.69, 9.17) is 4.74 Å². The molecule has 3 aromatic carbocycles. The minimum atomic E-state index is -0.127. The minimum Gasteiger partial charge on any atom is -0.497 e. The van der Waals surface area contributed by atoms with Crippen LogP contribution < -0.4 is 10.1 Å². The Morgan fingerprint density at radius 2 is 1.59 bits per heavy atom. The van der Waals surface area contributed by atoms with Gasteiger partial charge in [-0.2, -0.15) is 0 Å². The molecule has 0 bridgehead atoms. The third-order valence-corrected chi connectivity index (χ3v) is 4.40. The third kappa shape index (κ3) is 4.64. The topological polar surface area (TPSA) is 38.3 Å². The van der Waals surface area contributed by atoms with Crippen LogP contribution in [-0.2, 0) is 11.2 Å². The number of hydrogen-bond acceptors (Lipinski definition) is 2. The molecule has 136 valence electrons. The molecule has 0 heterocycles. The molecular formula is C24H23NO2. The summed E-state index contributed by atoms with van der Waals surface area (Å²) < 4.78 is 5.21. The van der Waals surface area contributed by atoms with E-state index in [2.05, 4.69) is 12.2 Å². The monoisotopic (exact) mass is 357 g/mol. The van der Waals surface area contributed by atoms with E-state index in [9.17, 15) is 4.79 Å². The zero-order valence-electron chi connectivity index (χ0n) is 15.6. The highest BCUT2D eigenvalue weighted by Crippen LogP contribution is 2.23. The first-order chi connectivity index (χ1) is 13.2. The Morgan fingerprint density at radius 1 is 0.926 bits per heavy atom. The second-order valence-corrected chi connectivity index (χ2v) is 6.16. The number of methoxy groups -OCH3 is 1. The van der Waals surface area contributed by atoms with Crippen molar-refractivity contribution in [3.63, 3.8) is 0 Å². The maximum Gasteiger partial charge on any atom is 0.256 e. The molecule has 1 amide bonds. The first kappa shape index (κ1) is 18.5. The van der Waals surface area contributed by atoms with Crippen LogP contribution in [0.15, 0.2) is 78.9 Å². The predicted molar refractivity (Wildman–Crippen MR) is 112 cm³/mol. The first-order valence-corrected chi connectivity index (χ1v) is 9.01. The number of carbonyl (C=O) groups excluding carboxylic acids is 1. The minimum absolute atomic E-state index is 0.127. The van der Waals surface area contributed by atoms with Crippen molar-refractivity contribution >= 4 is 23.2 Å². The van der Waals surface area contributed by atoms with Gasteiger partial charge >= 0.3 is 0 Å². The Kier molecular flexibility index (Phi) is 6.06. The van der Waals surface area contributed by atoms with Crippen LogP contribution >= 0.6 is 0 Å². The molecule has 0 aliphatic heterocycles.